The second kappa shape index (κ2) is 7.85. The summed E-state index contributed by atoms with van der Waals surface area (Å²) in [5.41, 5.74) is 1.13. The number of nitro groups is 1. The summed E-state index contributed by atoms with van der Waals surface area (Å²) in [5.74, 6) is -1.06. The van der Waals surface area contributed by atoms with Gasteiger partial charge in [0, 0.05) is 24.2 Å². The number of nitrogens with zero attached hydrogens (tertiary/aromatic N) is 2. The molecule has 0 radical (unpaired) electrons. The van der Waals surface area contributed by atoms with E-state index < -0.39 is 16.9 Å². The van der Waals surface area contributed by atoms with Crippen molar-refractivity contribution in [1.82, 2.24) is 4.90 Å². The fourth-order valence-electron chi connectivity index (χ4n) is 5.77. The molecule has 1 N–H and O–H groups in total. The van der Waals surface area contributed by atoms with Crippen LogP contribution in [0.2, 0.25) is 0 Å². The Kier molecular flexibility index (Phi) is 5.00. The average molecular weight is 433 g/mol. The van der Waals surface area contributed by atoms with Crippen molar-refractivity contribution in [3.63, 3.8) is 0 Å². The van der Waals surface area contributed by atoms with E-state index in [0.717, 1.165) is 24.8 Å². The van der Waals surface area contributed by atoms with Crippen molar-refractivity contribution in [2.75, 3.05) is 5.32 Å². The normalized spacial score (nSPS) is 26.8. The largest absolute Gasteiger partial charge is 0.324 e. The van der Waals surface area contributed by atoms with Crippen LogP contribution in [0.25, 0.3) is 0 Å². The summed E-state index contributed by atoms with van der Waals surface area (Å²) >= 11 is 0. The van der Waals surface area contributed by atoms with Gasteiger partial charge in [-0.15, -0.1) is 0 Å². The molecule has 0 spiro atoms. The molecule has 32 heavy (non-hydrogen) atoms. The Morgan fingerprint density at radius 2 is 1.59 bits per heavy atom. The molecule has 3 aliphatic rings. The molecule has 2 aromatic rings. The van der Waals surface area contributed by atoms with Gasteiger partial charge < -0.3 is 5.32 Å². The first kappa shape index (κ1) is 20.4. The molecule has 3 amide bonds. The average Bonchev–Trinajstić information content (AvgIpc) is 3.47. The minimum Gasteiger partial charge on any atom is -0.324 e. The zero-order valence-electron chi connectivity index (χ0n) is 17.3. The molecule has 8 nitrogen and oxygen atoms in total. The molecule has 8 heteroatoms. The Hall–Kier alpha value is -3.55. The van der Waals surface area contributed by atoms with Gasteiger partial charge >= 0.3 is 0 Å². The number of non-ortho nitro benzene ring substituents is 1. The van der Waals surface area contributed by atoms with E-state index in [1.807, 2.05) is 30.3 Å². The highest BCUT2D eigenvalue weighted by atomic mass is 16.6. The number of likely N-dealkylation sites (tertiary alicyclic amines) is 1. The maximum Gasteiger partial charge on any atom is 0.269 e. The fraction of sp³-hybridized carbons (Fsp3) is 0.375. The van der Waals surface area contributed by atoms with Crippen LogP contribution in [0.4, 0.5) is 11.4 Å². The van der Waals surface area contributed by atoms with E-state index >= 15 is 0 Å². The summed E-state index contributed by atoms with van der Waals surface area (Å²) in [6.07, 6.45) is 3.08. The zero-order chi connectivity index (χ0) is 22.4. The number of hydrogen-bond acceptors (Lipinski definition) is 5. The summed E-state index contributed by atoms with van der Waals surface area (Å²) < 4.78 is 0. The van der Waals surface area contributed by atoms with Crippen LogP contribution in [0.3, 0.4) is 0 Å². The van der Waals surface area contributed by atoms with Crippen molar-refractivity contribution >= 4 is 29.1 Å². The Morgan fingerprint density at radius 1 is 1.00 bits per heavy atom. The standard InChI is InChI=1S/C24H23N3O5/c28-22(25-17-8-10-18(11-9-17)27(31)32)19(12-14-4-2-1-3-5-14)26-23(29)20-15-6-7-16(13-15)21(20)24(26)30/h1-5,8-11,15-16,19-21H,6-7,12-13H2,(H,25,28)/t15-,16+,19-,20-,21+/m1/s1. The first-order chi connectivity index (χ1) is 15.4. The van der Waals surface area contributed by atoms with Gasteiger partial charge in [0.25, 0.3) is 5.69 Å². The topological polar surface area (TPSA) is 110 Å². The van der Waals surface area contributed by atoms with Gasteiger partial charge in [-0.05, 0) is 48.8 Å². The highest BCUT2D eigenvalue weighted by molar-refractivity contribution is 6.10. The van der Waals surface area contributed by atoms with E-state index in [0.29, 0.717) is 5.69 Å². The summed E-state index contributed by atoms with van der Waals surface area (Å²) in [6.45, 7) is 0. The molecule has 2 bridgehead atoms. The number of anilines is 1. The van der Waals surface area contributed by atoms with Crippen molar-refractivity contribution < 1.29 is 19.3 Å². The lowest BCUT2D eigenvalue weighted by Crippen LogP contribution is -2.49. The quantitative estimate of drug-likeness (QED) is 0.427. The third kappa shape index (κ3) is 3.36. The zero-order valence-corrected chi connectivity index (χ0v) is 17.3. The van der Waals surface area contributed by atoms with E-state index in [9.17, 15) is 24.5 Å². The molecule has 164 valence electrons. The number of carbonyl (C=O) groups excluding carboxylic acids is 3. The van der Waals surface area contributed by atoms with Gasteiger partial charge in [-0.1, -0.05) is 30.3 Å². The lowest BCUT2D eigenvalue weighted by Gasteiger charge is -2.27. The highest BCUT2D eigenvalue weighted by Crippen LogP contribution is 2.56. The van der Waals surface area contributed by atoms with Crippen LogP contribution in [0.15, 0.2) is 54.6 Å². The van der Waals surface area contributed by atoms with Gasteiger partial charge in [-0.2, -0.15) is 0 Å². The Morgan fingerprint density at radius 3 is 2.16 bits per heavy atom. The number of hydrogen-bond donors (Lipinski definition) is 1. The van der Waals surface area contributed by atoms with Crippen molar-refractivity contribution in [3.8, 4) is 0 Å². The van der Waals surface area contributed by atoms with E-state index in [1.165, 1.54) is 29.2 Å². The number of fused-ring (bicyclic) bond motifs is 5. The monoisotopic (exact) mass is 433 g/mol. The highest BCUT2D eigenvalue weighted by Gasteiger charge is 2.62. The molecule has 3 fully saturated rings. The molecular weight excluding hydrogens is 410 g/mol. The van der Waals surface area contributed by atoms with E-state index in [-0.39, 0.29) is 47.6 Å². The van der Waals surface area contributed by atoms with Crippen molar-refractivity contribution in [2.24, 2.45) is 23.7 Å². The molecule has 1 heterocycles. The number of benzene rings is 2. The molecule has 2 aliphatic carbocycles. The fourth-order valence-corrected chi connectivity index (χ4v) is 5.77. The predicted molar refractivity (Wildman–Crippen MR) is 115 cm³/mol. The minimum atomic E-state index is -0.974. The van der Waals surface area contributed by atoms with Crippen molar-refractivity contribution in [1.29, 1.82) is 0 Å². The molecule has 5 rings (SSSR count). The molecule has 2 aromatic carbocycles. The van der Waals surface area contributed by atoms with E-state index in [4.69, 9.17) is 0 Å². The van der Waals surface area contributed by atoms with Gasteiger partial charge in [0.2, 0.25) is 17.7 Å². The van der Waals surface area contributed by atoms with Crippen LogP contribution in [0.1, 0.15) is 24.8 Å². The van der Waals surface area contributed by atoms with Crippen LogP contribution in [0.5, 0.6) is 0 Å². The van der Waals surface area contributed by atoms with Crippen molar-refractivity contribution in [2.45, 2.75) is 31.7 Å². The molecule has 0 unspecified atom stereocenters. The second-order valence-corrected chi connectivity index (χ2v) is 8.93. The molecule has 5 atom stereocenters. The maximum atomic E-state index is 13.3. The summed E-state index contributed by atoms with van der Waals surface area (Å²) in [6, 6.07) is 13.8. The van der Waals surface area contributed by atoms with Gasteiger partial charge in [0.15, 0.2) is 0 Å². The van der Waals surface area contributed by atoms with Gasteiger partial charge in [-0.3, -0.25) is 29.4 Å². The second-order valence-electron chi connectivity index (χ2n) is 8.93. The predicted octanol–water partition coefficient (Wildman–Crippen LogP) is 3.18. The van der Waals surface area contributed by atoms with E-state index in [2.05, 4.69) is 5.32 Å². The maximum absolute atomic E-state index is 13.3. The van der Waals surface area contributed by atoms with E-state index in [1.54, 1.807) is 0 Å². The lowest BCUT2D eigenvalue weighted by molar-refractivity contribution is -0.384. The number of imide groups is 1. The first-order valence-electron chi connectivity index (χ1n) is 10.9. The molecule has 1 aliphatic heterocycles. The van der Waals surface area contributed by atoms with Crippen LogP contribution >= 0.6 is 0 Å². The number of nitro benzene ring substituents is 1. The lowest BCUT2D eigenvalue weighted by atomic mass is 9.81. The van der Waals surface area contributed by atoms with Crippen LogP contribution in [-0.2, 0) is 20.8 Å². The number of carbonyl (C=O) groups is 3. The molecule has 0 aromatic heterocycles. The number of nitrogens with one attached hydrogen (secondary N) is 1. The summed E-state index contributed by atoms with van der Waals surface area (Å²) in [5, 5.41) is 13.6. The van der Waals surface area contributed by atoms with Crippen LogP contribution in [-0.4, -0.2) is 33.6 Å². The first-order valence-corrected chi connectivity index (χ1v) is 10.9. The summed E-state index contributed by atoms with van der Waals surface area (Å²) in [4.78, 5) is 51.6. The smallest absolute Gasteiger partial charge is 0.269 e. The van der Waals surface area contributed by atoms with Gasteiger partial charge in [-0.25, -0.2) is 0 Å². The Labute approximate surface area is 184 Å². The van der Waals surface area contributed by atoms with Crippen LogP contribution < -0.4 is 5.32 Å². The van der Waals surface area contributed by atoms with Gasteiger partial charge in [0.1, 0.15) is 6.04 Å². The molecule has 2 saturated carbocycles. The SMILES string of the molecule is O=C(Nc1ccc([N+](=O)[O-])cc1)[C@@H](Cc1ccccc1)N1C(=O)[C@@H]2[C@@H]3CC[C@@H](C3)[C@@H]2C1=O. The molecular formula is C24H23N3O5. The third-order valence-electron chi connectivity index (χ3n) is 7.19. The van der Waals surface area contributed by atoms with Gasteiger partial charge in [0.05, 0.1) is 16.8 Å². The number of amides is 3. The molecule has 1 saturated heterocycles. The summed E-state index contributed by atoms with van der Waals surface area (Å²) in [7, 11) is 0. The number of rotatable bonds is 6. The Bertz CT molecular complexity index is 1060. The minimum absolute atomic E-state index is 0.0861. The Balaban J connectivity index is 1.43. The third-order valence-corrected chi connectivity index (χ3v) is 7.19. The van der Waals surface area contributed by atoms with Crippen molar-refractivity contribution in [3.05, 3.63) is 70.3 Å². The van der Waals surface area contributed by atoms with Crippen LogP contribution in [0, 0.1) is 33.8 Å².